The van der Waals surface area contributed by atoms with Crippen molar-refractivity contribution in [3.8, 4) is 28.5 Å². The fourth-order valence-electron chi connectivity index (χ4n) is 3.42. The predicted molar refractivity (Wildman–Crippen MR) is 118 cm³/mol. The minimum atomic E-state index is -3.48. The Morgan fingerprint density at radius 3 is 2.34 bits per heavy atom. The second kappa shape index (κ2) is 7.86. The first-order valence-corrected chi connectivity index (χ1v) is 11.4. The first-order valence-electron chi connectivity index (χ1n) is 9.15. The number of halogens is 3. The van der Waals surface area contributed by atoms with Gasteiger partial charge in [-0.15, -0.1) is 0 Å². The van der Waals surface area contributed by atoms with Gasteiger partial charge in [0.25, 0.3) is 0 Å². The Labute approximate surface area is 186 Å². The molecule has 0 aliphatic heterocycles. The summed E-state index contributed by atoms with van der Waals surface area (Å²) in [5.74, 6) is -2.01. The summed E-state index contributed by atoms with van der Waals surface area (Å²) in [6.07, 6.45) is 1.02. The highest BCUT2D eigenvalue weighted by atomic mass is 35.5. The number of sulfone groups is 1. The molecule has 0 radical (unpaired) electrons. The van der Waals surface area contributed by atoms with Crippen LogP contribution in [0.5, 0.6) is 0 Å². The first-order chi connectivity index (χ1) is 15.1. The summed E-state index contributed by atoms with van der Waals surface area (Å²) in [4.78, 5) is 15.6. The second-order valence-electron chi connectivity index (χ2n) is 7.12. The van der Waals surface area contributed by atoms with Gasteiger partial charge in [-0.25, -0.2) is 17.2 Å². The monoisotopic (exact) mass is 470 g/mol. The minimum absolute atomic E-state index is 0.00169. The summed E-state index contributed by atoms with van der Waals surface area (Å²) in [5, 5.41) is 9.00. The summed E-state index contributed by atoms with van der Waals surface area (Å²) in [6.45, 7) is 0. The van der Waals surface area contributed by atoms with Gasteiger partial charge in [0.1, 0.15) is 11.6 Å². The van der Waals surface area contributed by atoms with Crippen molar-refractivity contribution in [3.05, 3.63) is 87.0 Å². The van der Waals surface area contributed by atoms with Crippen LogP contribution < -0.4 is 5.43 Å². The number of aromatic amines is 1. The van der Waals surface area contributed by atoms with E-state index in [9.17, 15) is 17.6 Å². The average Bonchev–Trinajstić information content (AvgIpc) is 2.73. The molecule has 0 unspecified atom stereocenters. The molecule has 0 aliphatic carbocycles. The van der Waals surface area contributed by atoms with Crippen molar-refractivity contribution >= 4 is 32.3 Å². The molecule has 1 heterocycles. The van der Waals surface area contributed by atoms with E-state index in [0.29, 0.717) is 11.1 Å². The highest BCUT2D eigenvalue weighted by Crippen LogP contribution is 2.33. The van der Waals surface area contributed by atoms with Crippen molar-refractivity contribution in [1.82, 2.24) is 4.98 Å². The molecule has 0 amide bonds. The number of nitrogens with zero attached hydrogens (tertiary/aromatic N) is 1. The molecule has 1 N–H and O–H groups in total. The molecule has 5 nitrogen and oxygen atoms in total. The average molecular weight is 471 g/mol. The van der Waals surface area contributed by atoms with Gasteiger partial charge in [0, 0.05) is 22.9 Å². The van der Waals surface area contributed by atoms with Gasteiger partial charge in [0.2, 0.25) is 0 Å². The Morgan fingerprint density at radius 1 is 1.03 bits per heavy atom. The van der Waals surface area contributed by atoms with Crippen LogP contribution in [0.1, 0.15) is 5.56 Å². The SMILES string of the molecule is CS(=O)(=O)c1ccc(-c2c(F)cc3[nH]c(-c4cc(C#N)ccc4Cl)cc(=O)c3c2F)cc1. The van der Waals surface area contributed by atoms with Crippen LogP contribution in [0.4, 0.5) is 8.78 Å². The van der Waals surface area contributed by atoms with Gasteiger partial charge in [-0.05, 0) is 42.0 Å². The molecular formula is C23H13ClF2N2O3S. The van der Waals surface area contributed by atoms with Gasteiger partial charge in [0.15, 0.2) is 15.3 Å². The van der Waals surface area contributed by atoms with Crippen LogP contribution in [0.3, 0.4) is 0 Å². The van der Waals surface area contributed by atoms with E-state index in [-0.39, 0.29) is 32.1 Å². The molecule has 0 atom stereocenters. The van der Waals surface area contributed by atoms with E-state index in [0.717, 1.165) is 18.4 Å². The van der Waals surface area contributed by atoms with Crippen molar-refractivity contribution in [2.75, 3.05) is 6.26 Å². The Bertz CT molecular complexity index is 1610. The quantitative estimate of drug-likeness (QED) is 0.452. The molecule has 9 heteroatoms. The van der Waals surface area contributed by atoms with E-state index in [4.69, 9.17) is 16.9 Å². The zero-order valence-electron chi connectivity index (χ0n) is 16.4. The standard InChI is InChI=1S/C23H13ClF2N2O3S/c1-32(30,31)14-5-3-13(4-6-14)21-17(25)9-19-22(23(21)26)20(29)10-18(28-19)15-8-12(11-27)2-7-16(15)24/h2-10H,1H3,(H,28,29). The summed E-state index contributed by atoms with van der Waals surface area (Å²) in [5.41, 5.74) is -0.311. The molecule has 160 valence electrons. The molecule has 0 saturated heterocycles. The molecule has 32 heavy (non-hydrogen) atoms. The van der Waals surface area contributed by atoms with Crippen molar-refractivity contribution in [2.24, 2.45) is 0 Å². The van der Waals surface area contributed by atoms with Crippen molar-refractivity contribution in [2.45, 2.75) is 4.90 Å². The molecule has 0 fully saturated rings. The number of aromatic nitrogens is 1. The topological polar surface area (TPSA) is 90.8 Å². The fourth-order valence-corrected chi connectivity index (χ4v) is 4.27. The maximum absolute atomic E-state index is 15.3. The number of rotatable bonds is 3. The Hall–Kier alpha value is -3.54. The van der Waals surface area contributed by atoms with Gasteiger partial charge < -0.3 is 4.98 Å². The van der Waals surface area contributed by atoms with Gasteiger partial charge in [-0.1, -0.05) is 23.7 Å². The summed E-state index contributed by atoms with van der Waals surface area (Å²) >= 11 is 6.18. The Balaban J connectivity index is 1.93. The third-order valence-electron chi connectivity index (χ3n) is 4.97. The summed E-state index contributed by atoms with van der Waals surface area (Å²) in [6, 6.07) is 13.6. The van der Waals surface area contributed by atoms with Crippen LogP contribution in [0.25, 0.3) is 33.3 Å². The first kappa shape index (κ1) is 21.7. The van der Waals surface area contributed by atoms with Crippen LogP contribution in [0.2, 0.25) is 5.02 Å². The van der Waals surface area contributed by atoms with E-state index in [1.165, 1.54) is 42.5 Å². The molecular weight excluding hydrogens is 458 g/mol. The molecule has 3 aromatic carbocycles. The molecule has 0 spiro atoms. The number of hydrogen-bond acceptors (Lipinski definition) is 4. The van der Waals surface area contributed by atoms with Crippen molar-refractivity contribution in [3.63, 3.8) is 0 Å². The van der Waals surface area contributed by atoms with Gasteiger partial charge >= 0.3 is 0 Å². The smallest absolute Gasteiger partial charge is 0.193 e. The van der Waals surface area contributed by atoms with Gasteiger partial charge in [0.05, 0.1) is 38.7 Å². The molecule has 0 aliphatic rings. The lowest BCUT2D eigenvalue weighted by atomic mass is 10.00. The zero-order chi connectivity index (χ0) is 23.2. The lowest BCUT2D eigenvalue weighted by molar-refractivity contribution is 0.597. The molecule has 1 aromatic heterocycles. The molecule has 0 bridgehead atoms. The van der Waals surface area contributed by atoms with Crippen LogP contribution >= 0.6 is 11.6 Å². The van der Waals surface area contributed by atoms with Gasteiger partial charge in [-0.2, -0.15) is 5.26 Å². The third kappa shape index (κ3) is 3.77. The molecule has 4 rings (SSSR count). The fraction of sp³-hybridized carbons (Fsp3) is 0.0435. The van der Waals surface area contributed by atoms with Gasteiger partial charge in [-0.3, -0.25) is 4.79 Å². The number of nitriles is 1. The number of nitrogens with one attached hydrogen (secondary N) is 1. The van der Waals surface area contributed by atoms with E-state index >= 15 is 4.39 Å². The van der Waals surface area contributed by atoms with Crippen molar-refractivity contribution < 1.29 is 17.2 Å². The molecule has 4 aromatic rings. The number of H-pyrrole nitrogens is 1. The number of fused-ring (bicyclic) bond motifs is 1. The van der Waals surface area contributed by atoms with Crippen LogP contribution in [-0.2, 0) is 9.84 Å². The highest BCUT2D eigenvalue weighted by Gasteiger charge is 2.20. The van der Waals surface area contributed by atoms with Crippen molar-refractivity contribution in [1.29, 1.82) is 5.26 Å². The Kier molecular flexibility index (Phi) is 5.33. The van der Waals surface area contributed by atoms with Crippen LogP contribution in [-0.4, -0.2) is 19.7 Å². The molecule has 0 saturated carbocycles. The van der Waals surface area contributed by atoms with E-state index in [2.05, 4.69) is 4.98 Å². The maximum Gasteiger partial charge on any atom is 0.193 e. The maximum atomic E-state index is 15.3. The normalized spacial score (nSPS) is 11.5. The highest BCUT2D eigenvalue weighted by molar-refractivity contribution is 7.90. The van der Waals surface area contributed by atoms with Crippen LogP contribution in [0.15, 0.2) is 64.3 Å². The number of hydrogen-bond donors (Lipinski definition) is 1. The third-order valence-corrected chi connectivity index (χ3v) is 6.42. The van der Waals surface area contributed by atoms with Crippen LogP contribution in [0, 0.1) is 23.0 Å². The largest absolute Gasteiger partial charge is 0.354 e. The number of benzene rings is 3. The summed E-state index contributed by atoms with van der Waals surface area (Å²) < 4.78 is 53.5. The van der Waals surface area contributed by atoms with E-state index < -0.39 is 32.5 Å². The predicted octanol–water partition coefficient (Wildman–Crippen LogP) is 5.07. The summed E-state index contributed by atoms with van der Waals surface area (Å²) in [7, 11) is -3.48. The van der Waals surface area contributed by atoms with E-state index in [1.807, 2.05) is 6.07 Å². The Morgan fingerprint density at radius 2 is 1.72 bits per heavy atom. The minimum Gasteiger partial charge on any atom is -0.354 e. The van der Waals surface area contributed by atoms with E-state index in [1.54, 1.807) is 0 Å². The number of pyridine rings is 1. The lowest BCUT2D eigenvalue weighted by Gasteiger charge is -2.11. The zero-order valence-corrected chi connectivity index (χ0v) is 18.0. The second-order valence-corrected chi connectivity index (χ2v) is 9.54. The lowest BCUT2D eigenvalue weighted by Crippen LogP contribution is -2.08.